The van der Waals surface area contributed by atoms with Gasteiger partial charge in [-0.05, 0) is 36.9 Å². The van der Waals surface area contributed by atoms with Crippen molar-refractivity contribution < 1.29 is 4.79 Å². The van der Waals surface area contributed by atoms with E-state index in [0.29, 0.717) is 0 Å². The Bertz CT molecular complexity index is 486. The van der Waals surface area contributed by atoms with Crippen molar-refractivity contribution in [1.29, 1.82) is 0 Å². The molecule has 102 valence electrons. The molecule has 1 aromatic rings. The lowest BCUT2D eigenvalue weighted by molar-refractivity contribution is -0.124. The molecule has 3 rings (SSSR count). The second kappa shape index (κ2) is 5.21. The number of hydrogen-bond acceptors (Lipinski definition) is 3. The van der Waals surface area contributed by atoms with Crippen LogP contribution in [0.15, 0.2) is 18.2 Å². The van der Waals surface area contributed by atoms with E-state index in [1.165, 1.54) is 16.8 Å². The van der Waals surface area contributed by atoms with Crippen molar-refractivity contribution in [2.75, 3.05) is 18.4 Å². The van der Waals surface area contributed by atoms with Crippen molar-refractivity contribution in [1.82, 2.24) is 4.90 Å². The third-order valence-corrected chi connectivity index (χ3v) is 4.25. The predicted molar refractivity (Wildman–Crippen MR) is 75.9 cm³/mol. The van der Waals surface area contributed by atoms with Crippen LogP contribution in [0, 0.1) is 0 Å². The van der Waals surface area contributed by atoms with Gasteiger partial charge in [0, 0.05) is 18.8 Å². The predicted octanol–water partition coefficient (Wildman–Crippen LogP) is 1.49. The molecule has 0 bridgehead atoms. The second-order valence-electron chi connectivity index (χ2n) is 5.51. The molecule has 1 fully saturated rings. The van der Waals surface area contributed by atoms with E-state index in [0.717, 1.165) is 45.3 Å². The number of fused-ring (bicyclic) bond motifs is 1. The molecule has 1 saturated heterocycles. The Labute approximate surface area is 114 Å². The number of para-hydroxylation sites is 1. The van der Waals surface area contributed by atoms with Gasteiger partial charge in [-0.3, -0.25) is 9.69 Å². The van der Waals surface area contributed by atoms with Gasteiger partial charge >= 0.3 is 0 Å². The summed E-state index contributed by atoms with van der Waals surface area (Å²) in [4.78, 5) is 13.8. The molecule has 4 nitrogen and oxygen atoms in total. The third-order valence-electron chi connectivity index (χ3n) is 4.25. The molecule has 1 aromatic carbocycles. The molecule has 3 N–H and O–H groups in total. The summed E-state index contributed by atoms with van der Waals surface area (Å²) in [7, 11) is 0. The Hall–Kier alpha value is -1.55. The van der Waals surface area contributed by atoms with Gasteiger partial charge in [0.05, 0.1) is 6.04 Å². The minimum atomic E-state index is -0.180. The van der Waals surface area contributed by atoms with E-state index in [1.54, 1.807) is 0 Å². The van der Waals surface area contributed by atoms with Crippen molar-refractivity contribution >= 4 is 11.6 Å². The van der Waals surface area contributed by atoms with Crippen LogP contribution in [0.1, 0.15) is 30.4 Å². The van der Waals surface area contributed by atoms with Crippen molar-refractivity contribution in [2.24, 2.45) is 5.73 Å². The zero-order chi connectivity index (χ0) is 13.2. The molecule has 2 aliphatic heterocycles. The maximum absolute atomic E-state index is 11.6. The Morgan fingerprint density at radius 1 is 1.42 bits per heavy atom. The van der Waals surface area contributed by atoms with Gasteiger partial charge in [-0.1, -0.05) is 24.6 Å². The summed E-state index contributed by atoms with van der Waals surface area (Å²) in [6, 6.07) is 6.36. The average Bonchev–Trinajstić information content (AvgIpc) is 2.88. The molecule has 1 unspecified atom stereocenters. The number of anilines is 1. The average molecular weight is 259 g/mol. The highest BCUT2D eigenvalue weighted by Crippen LogP contribution is 2.29. The van der Waals surface area contributed by atoms with Crippen molar-refractivity contribution in [3.05, 3.63) is 29.3 Å². The van der Waals surface area contributed by atoms with Crippen molar-refractivity contribution in [3.8, 4) is 0 Å². The molecular formula is C15H21N3O. The molecule has 0 radical (unpaired) electrons. The molecule has 2 heterocycles. The molecule has 0 saturated carbocycles. The van der Waals surface area contributed by atoms with E-state index >= 15 is 0 Å². The molecular weight excluding hydrogens is 238 g/mol. The number of carbonyl (C=O) groups is 1. The quantitative estimate of drug-likeness (QED) is 0.864. The van der Waals surface area contributed by atoms with E-state index in [-0.39, 0.29) is 11.9 Å². The zero-order valence-corrected chi connectivity index (χ0v) is 11.2. The highest BCUT2D eigenvalue weighted by molar-refractivity contribution is 5.80. The number of likely N-dealkylation sites (tertiary alicyclic amines) is 1. The Balaban J connectivity index is 1.80. The molecule has 0 aromatic heterocycles. The number of nitrogens with two attached hydrogens (primary N) is 1. The topological polar surface area (TPSA) is 58.4 Å². The first-order chi connectivity index (χ1) is 9.25. The highest BCUT2D eigenvalue weighted by Gasteiger charge is 2.27. The summed E-state index contributed by atoms with van der Waals surface area (Å²) < 4.78 is 0. The number of rotatable bonds is 3. The monoisotopic (exact) mass is 259 g/mol. The SMILES string of the molecule is NC(=O)C1CCCCN1Cc1cccc2c1NCC2. The summed E-state index contributed by atoms with van der Waals surface area (Å²) >= 11 is 0. The van der Waals surface area contributed by atoms with Crippen LogP contribution in [-0.2, 0) is 17.8 Å². The molecule has 19 heavy (non-hydrogen) atoms. The van der Waals surface area contributed by atoms with Crippen molar-refractivity contribution in [3.63, 3.8) is 0 Å². The third kappa shape index (κ3) is 2.45. The summed E-state index contributed by atoms with van der Waals surface area (Å²) in [6.07, 6.45) is 4.27. The van der Waals surface area contributed by atoms with E-state index in [2.05, 4.69) is 28.4 Å². The fourth-order valence-electron chi connectivity index (χ4n) is 3.26. The van der Waals surface area contributed by atoms with Gasteiger partial charge in [-0.25, -0.2) is 0 Å². The van der Waals surface area contributed by atoms with Crippen LogP contribution in [-0.4, -0.2) is 29.9 Å². The van der Waals surface area contributed by atoms with Gasteiger partial charge in [0.25, 0.3) is 0 Å². The van der Waals surface area contributed by atoms with Gasteiger partial charge in [0.2, 0.25) is 5.91 Å². The first-order valence-corrected chi connectivity index (χ1v) is 7.14. The minimum absolute atomic E-state index is 0.0917. The van der Waals surface area contributed by atoms with Gasteiger partial charge in [0.15, 0.2) is 0 Å². The summed E-state index contributed by atoms with van der Waals surface area (Å²) in [5, 5.41) is 3.46. The number of primary amides is 1. The highest BCUT2D eigenvalue weighted by atomic mass is 16.1. The molecule has 2 aliphatic rings. The van der Waals surface area contributed by atoms with Crippen LogP contribution in [0.5, 0.6) is 0 Å². The lowest BCUT2D eigenvalue weighted by Gasteiger charge is -2.34. The fourth-order valence-corrected chi connectivity index (χ4v) is 3.26. The van der Waals surface area contributed by atoms with Crippen LogP contribution in [0.25, 0.3) is 0 Å². The van der Waals surface area contributed by atoms with Crippen LogP contribution in [0.3, 0.4) is 0 Å². The van der Waals surface area contributed by atoms with Crippen LogP contribution in [0.4, 0.5) is 5.69 Å². The van der Waals surface area contributed by atoms with E-state index in [9.17, 15) is 4.79 Å². The normalized spacial score (nSPS) is 22.8. The minimum Gasteiger partial charge on any atom is -0.384 e. The molecule has 0 aliphatic carbocycles. The van der Waals surface area contributed by atoms with Crippen LogP contribution >= 0.6 is 0 Å². The molecule has 1 atom stereocenters. The van der Waals surface area contributed by atoms with Crippen molar-refractivity contribution in [2.45, 2.75) is 38.3 Å². The molecule has 4 heteroatoms. The first-order valence-electron chi connectivity index (χ1n) is 7.14. The number of carbonyl (C=O) groups excluding carboxylic acids is 1. The number of nitrogens with one attached hydrogen (secondary N) is 1. The van der Waals surface area contributed by atoms with Gasteiger partial charge in [-0.2, -0.15) is 0 Å². The lowest BCUT2D eigenvalue weighted by atomic mass is 9.99. The maximum atomic E-state index is 11.6. The van der Waals surface area contributed by atoms with E-state index in [1.807, 2.05) is 0 Å². The summed E-state index contributed by atoms with van der Waals surface area (Å²) in [5.74, 6) is -0.180. The maximum Gasteiger partial charge on any atom is 0.234 e. The number of piperidine rings is 1. The van der Waals surface area contributed by atoms with Gasteiger partial charge < -0.3 is 11.1 Å². The molecule has 1 amide bonds. The van der Waals surface area contributed by atoms with Crippen LogP contribution < -0.4 is 11.1 Å². The number of nitrogens with zero attached hydrogens (tertiary/aromatic N) is 1. The van der Waals surface area contributed by atoms with E-state index < -0.39 is 0 Å². The number of benzene rings is 1. The standard InChI is InChI=1S/C15H21N3O/c16-15(19)13-6-1-2-9-18(13)10-12-5-3-4-11-7-8-17-14(11)12/h3-5,13,17H,1-2,6-10H2,(H2,16,19). The lowest BCUT2D eigenvalue weighted by Crippen LogP contribution is -2.47. The second-order valence-corrected chi connectivity index (χ2v) is 5.51. The van der Waals surface area contributed by atoms with Crippen LogP contribution in [0.2, 0.25) is 0 Å². The summed E-state index contributed by atoms with van der Waals surface area (Å²) in [6.45, 7) is 2.81. The Morgan fingerprint density at radius 2 is 2.32 bits per heavy atom. The van der Waals surface area contributed by atoms with E-state index in [4.69, 9.17) is 5.73 Å². The smallest absolute Gasteiger partial charge is 0.234 e. The number of amides is 1. The number of hydrogen-bond donors (Lipinski definition) is 2. The van der Waals surface area contributed by atoms with Gasteiger partial charge in [-0.15, -0.1) is 0 Å². The largest absolute Gasteiger partial charge is 0.384 e. The van der Waals surface area contributed by atoms with Gasteiger partial charge in [0.1, 0.15) is 0 Å². The fraction of sp³-hybridized carbons (Fsp3) is 0.533. The zero-order valence-electron chi connectivity index (χ0n) is 11.2. The molecule has 0 spiro atoms. The Morgan fingerprint density at radius 3 is 3.16 bits per heavy atom. The summed E-state index contributed by atoms with van der Waals surface area (Å²) in [5.41, 5.74) is 9.49. The first kappa shape index (κ1) is 12.5. The Kier molecular flexibility index (Phi) is 3.42.